The van der Waals surface area contributed by atoms with Crippen molar-refractivity contribution in [3.8, 4) is 11.5 Å². The number of nitrogens with one attached hydrogen (secondary N) is 1. The lowest BCUT2D eigenvalue weighted by Crippen LogP contribution is -2.45. The molecule has 0 aliphatic heterocycles. The lowest BCUT2D eigenvalue weighted by Gasteiger charge is -2.23. The van der Waals surface area contributed by atoms with Gasteiger partial charge in [-0.1, -0.05) is 77.8 Å². The molecular formula is C36H32Cl2N2O7. The number of rotatable bonds is 10. The minimum Gasteiger partial charge on any atom is -0.459 e. The fourth-order valence-corrected chi connectivity index (χ4v) is 5.09. The van der Waals surface area contributed by atoms with Gasteiger partial charge in [0.15, 0.2) is 5.58 Å². The molecule has 5 rings (SSSR count). The van der Waals surface area contributed by atoms with Gasteiger partial charge in [-0.2, -0.15) is 0 Å². The molecule has 0 spiro atoms. The van der Waals surface area contributed by atoms with Crippen molar-refractivity contribution in [3.05, 3.63) is 123 Å². The highest BCUT2D eigenvalue weighted by molar-refractivity contribution is 6.35. The van der Waals surface area contributed by atoms with Crippen LogP contribution in [0.5, 0.6) is 0 Å². The first-order chi connectivity index (χ1) is 22.4. The van der Waals surface area contributed by atoms with Crippen LogP contribution in [0.3, 0.4) is 0 Å². The molecule has 4 aromatic carbocycles. The van der Waals surface area contributed by atoms with E-state index in [1.807, 2.05) is 30.3 Å². The second-order valence-corrected chi connectivity index (χ2v) is 12.6. The van der Waals surface area contributed by atoms with Crippen LogP contribution in [0.2, 0.25) is 10.0 Å². The predicted molar refractivity (Wildman–Crippen MR) is 178 cm³/mol. The summed E-state index contributed by atoms with van der Waals surface area (Å²) < 4.78 is 22.2. The van der Waals surface area contributed by atoms with E-state index in [1.54, 1.807) is 81.4 Å². The first-order valence-electron chi connectivity index (χ1n) is 14.7. The van der Waals surface area contributed by atoms with Crippen LogP contribution in [-0.4, -0.2) is 34.7 Å². The third-order valence-electron chi connectivity index (χ3n) is 6.77. The normalized spacial score (nSPS) is 11.9. The van der Waals surface area contributed by atoms with Gasteiger partial charge in [-0.3, -0.25) is 0 Å². The zero-order valence-electron chi connectivity index (χ0n) is 25.9. The SMILES string of the molecule is CC(C)(C)OC(=O)N[C@@H](Cc1ccc(COC(=O)c2ccc3nc(-c4cc(Cl)cc(Cl)c4)oc3c2)cc1)C(=O)OCc1ccccc1. The Morgan fingerprint density at radius 2 is 1.45 bits per heavy atom. The van der Waals surface area contributed by atoms with E-state index in [1.165, 1.54) is 0 Å². The Morgan fingerprint density at radius 1 is 0.809 bits per heavy atom. The Kier molecular flexibility index (Phi) is 10.5. The molecular weight excluding hydrogens is 643 g/mol. The molecule has 1 heterocycles. The molecule has 0 aliphatic rings. The second-order valence-electron chi connectivity index (χ2n) is 11.7. The fraction of sp³-hybridized carbons (Fsp3) is 0.222. The molecule has 0 saturated heterocycles. The van der Waals surface area contributed by atoms with Crippen LogP contribution >= 0.6 is 23.2 Å². The van der Waals surface area contributed by atoms with Crippen LogP contribution in [0.1, 0.15) is 47.8 Å². The lowest BCUT2D eigenvalue weighted by atomic mass is 10.0. The molecule has 1 amide bonds. The largest absolute Gasteiger partial charge is 0.459 e. The van der Waals surface area contributed by atoms with E-state index in [0.717, 1.165) is 16.7 Å². The zero-order valence-corrected chi connectivity index (χ0v) is 27.4. The monoisotopic (exact) mass is 674 g/mol. The number of aromatic nitrogens is 1. The number of hydrogen-bond donors (Lipinski definition) is 1. The average Bonchev–Trinajstić information content (AvgIpc) is 3.46. The summed E-state index contributed by atoms with van der Waals surface area (Å²) in [7, 11) is 0. The third-order valence-corrected chi connectivity index (χ3v) is 7.20. The summed E-state index contributed by atoms with van der Waals surface area (Å²) in [4.78, 5) is 42.8. The number of ether oxygens (including phenoxy) is 3. The maximum Gasteiger partial charge on any atom is 0.408 e. The maximum atomic E-state index is 13.0. The highest BCUT2D eigenvalue weighted by atomic mass is 35.5. The molecule has 0 bridgehead atoms. The minimum atomic E-state index is -0.986. The van der Waals surface area contributed by atoms with Crippen molar-refractivity contribution in [2.24, 2.45) is 0 Å². The van der Waals surface area contributed by atoms with E-state index >= 15 is 0 Å². The van der Waals surface area contributed by atoms with E-state index < -0.39 is 29.7 Å². The van der Waals surface area contributed by atoms with Crippen molar-refractivity contribution in [3.63, 3.8) is 0 Å². The smallest absolute Gasteiger partial charge is 0.408 e. The van der Waals surface area contributed by atoms with E-state index in [9.17, 15) is 14.4 Å². The number of benzene rings is 4. The molecule has 47 heavy (non-hydrogen) atoms. The standard InChI is InChI=1S/C36H32Cl2N2O7/c1-36(2,3)47-35(43)40-30(34(42)45-20-23-7-5-4-6-8-23)15-22-9-11-24(12-10-22)21-44-33(41)25-13-14-29-31(18-25)46-32(39-29)26-16-27(37)19-28(38)17-26/h4-14,16-19,30H,15,20-21H2,1-3H3,(H,40,43)/t30-/m0/s1. The summed E-state index contributed by atoms with van der Waals surface area (Å²) in [6.07, 6.45) is -0.565. The van der Waals surface area contributed by atoms with Gasteiger partial charge in [-0.15, -0.1) is 0 Å². The van der Waals surface area contributed by atoms with Gasteiger partial charge >= 0.3 is 18.0 Å². The molecule has 1 atom stereocenters. The molecule has 242 valence electrons. The Morgan fingerprint density at radius 3 is 2.13 bits per heavy atom. The van der Waals surface area contributed by atoms with E-state index in [4.69, 9.17) is 41.8 Å². The van der Waals surface area contributed by atoms with Crippen molar-refractivity contribution < 1.29 is 33.0 Å². The number of alkyl carbamates (subject to hydrolysis) is 1. The number of carbonyl (C=O) groups is 3. The Hall–Kier alpha value is -4.86. The molecule has 0 radical (unpaired) electrons. The van der Waals surface area contributed by atoms with Crippen LogP contribution in [0.4, 0.5) is 4.79 Å². The number of carbonyl (C=O) groups excluding carboxylic acids is 3. The predicted octanol–water partition coefficient (Wildman–Crippen LogP) is 8.34. The number of oxazole rings is 1. The van der Waals surface area contributed by atoms with Gasteiger partial charge in [-0.05, 0) is 73.9 Å². The van der Waals surface area contributed by atoms with E-state index in [0.29, 0.717) is 38.2 Å². The molecule has 0 aliphatic carbocycles. The van der Waals surface area contributed by atoms with Crippen molar-refractivity contribution in [2.75, 3.05) is 0 Å². The zero-order chi connectivity index (χ0) is 33.6. The molecule has 5 aromatic rings. The van der Waals surface area contributed by atoms with Crippen molar-refractivity contribution in [1.82, 2.24) is 10.3 Å². The van der Waals surface area contributed by atoms with Crippen LogP contribution in [0.25, 0.3) is 22.6 Å². The maximum absolute atomic E-state index is 13.0. The van der Waals surface area contributed by atoms with Gasteiger partial charge in [0.1, 0.15) is 30.4 Å². The third kappa shape index (κ3) is 9.57. The van der Waals surface area contributed by atoms with E-state index in [-0.39, 0.29) is 19.6 Å². The van der Waals surface area contributed by atoms with Gasteiger partial charge in [0, 0.05) is 22.0 Å². The van der Waals surface area contributed by atoms with Gasteiger partial charge < -0.3 is 23.9 Å². The van der Waals surface area contributed by atoms with Crippen LogP contribution < -0.4 is 5.32 Å². The Bertz CT molecular complexity index is 1860. The number of hydrogen-bond acceptors (Lipinski definition) is 8. The summed E-state index contributed by atoms with van der Waals surface area (Å²) in [5.41, 5.74) is 3.45. The summed E-state index contributed by atoms with van der Waals surface area (Å²) in [6, 6.07) is 25.3. The Balaban J connectivity index is 1.20. The minimum absolute atomic E-state index is 0.0124. The lowest BCUT2D eigenvalue weighted by molar-refractivity contribution is -0.147. The van der Waals surface area contributed by atoms with Crippen LogP contribution in [-0.2, 0) is 38.6 Å². The van der Waals surface area contributed by atoms with Crippen LogP contribution in [0, 0.1) is 0 Å². The number of esters is 2. The average molecular weight is 676 g/mol. The van der Waals surface area contributed by atoms with Crippen molar-refractivity contribution in [1.29, 1.82) is 0 Å². The highest BCUT2D eigenvalue weighted by Gasteiger charge is 2.26. The van der Waals surface area contributed by atoms with Gasteiger partial charge in [0.25, 0.3) is 0 Å². The molecule has 0 unspecified atom stereocenters. The van der Waals surface area contributed by atoms with Crippen molar-refractivity contribution in [2.45, 2.75) is 52.0 Å². The van der Waals surface area contributed by atoms with Gasteiger partial charge in [0.05, 0.1) is 5.56 Å². The second kappa shape index (κ2) is 14.7. The van der Waals surface area contributed by atoms with Crippen molar-refractivity contribution >= 4 is 52.3 Å². The van der Waals surface area contributed by atoms with Gasteiger partial charge in [-0.25, -0.2) is 19.4 Å². The van der Waals surface area contributed by atoms with E-state index in [2.05, 4.69) is 10.3 Å². The highest BCUT2D eigenvalue weighted by Crippen LogP contribution is 2.30. The summed E-state index contributed by atoms with van der Waals surface area (Å²) in [6.45, 7) is 5.30. The Labute approximate surface area is 281 Å². The topological polar surface area (TPSA) is 117 Å². The quantitative estimate of drug-likeness (QED) is 0.116. The number of halogens is 2. The summed E-state index contributed by atoms with van der Waals surface area (Å²) in [5, 5.41) is 3.53. The number of amides is 1. The molecule has 0 fully saturated rings. The summed E-state index contributed by atoms with van der Waals surface area (Å²) >= 11 is 12.2. The molecule has 1 N–H and O–H groups in total. The molecule has 0 saturated carbocycles. The first kappa shape index (κ1) is 33.5. The molecule has 11 heteroatoms. The van der Waals surface area contributed by atoms with Crippen LogP contribution in [0.15, 0.2) is 95.4 Å². The number of nitrogens with zero attached hydrogens (tertiary/aromatic N) is 1. The molecule has 9 nitrogen and oxygen atoms in total. The fourth-order valence-electron chi connectivity index (χ4n) is 4.56. The number of fused-ring (bicyclic) bond motifs is 1. The van der Waals surface area contributed by atoms with Gasteiger partial charge in [0.2, 0.25) is 5.89 Å². The molecule has 1 aromatic heterocycles. The summed E-state index contributed by atoms with van der Waals surface area (Å²) in [5.74, 6) is -0.810. The first-order valence-corrected chi connectivity index (χ1v) is 15.5.